The Hall–Kier alpha value is -1.57. The van der Waals surface area contributed by atoms with E-state index in [4.69, 9.17) is 4.11 Å². The molecule has 0 saturated carbocycles. The predicted octanol–water partition coefficient (Wildman–Crippen LogP) is 2.38. The van der Waals surface area contributed by atoms with E-state index in [1.54, 1.807) is 24.3 Å². The van der Waals surface area contributed by atoms with Crippen LogP contribution in [0.5, 0.6) is 0 Å². The maximum atomic E-state index is 11.4. The molecule has 0 aliphatic carbocycles. The zero-order valence-corrected chi connectivity index (χ0v) is 7.24. The van der Waals surface area contributed by atoms with Crippen LogP contribution in [0.3, 0.4) is 0 Å². The molecule has 2 heteroatoms. The molecule has 1 aromatic heterocycles. The number of ketones is 1. The van der Waals surface area contributed by atoms with E-state index in [-0.39, 0.29) is 5.78 Å². The monoisotopic (exact) mass is 176 g/mol. The molecule has 0 saturated heterocycles. The molecule has 0 fully saturated rings. The van der Waals surface area contributed by atoms with E-state index in [9.17, 15) is 4.79 Å². The van der Waals surface area contributed by atoms with Gasteiger partial charge in [0.15, 0.2) is 5.78 Å². The molecule has 0 spiro atoms. The Kier molecular flexibility index (Phi) is 1.10. The highest BCUT2D eigenvalue weighted by atomic mass is 16.1. The van der Waals surface area contributed by atoms with E-state index < -0.39 is 6.98 Å². The second-order valence-electron chi connectivity index (χ2n) is 2.99. The first-order valence-electron chi connectivity index (χ1n) is 5.53. The van der Waals surface area contributed by atoms with E-state index in [2.05, 4.69) is 0 Å². The zero-order valence-electron chi connectivity index (χ0n) is 10.2. The number of fused-ring (bicyclic) bond motifs is 1. The van der Waals surface area contributed by atoms with Crippen molar-refractivity contribution < 1.29 is 8.91 Å². The SMILES string of the molecule is [2H]C([2H])([2H])n1cc(C(C)=O)c2ccccc21. The van der Waals surface area contributed by atoms with Crippen LogP contribution in [0.1, 0.15) is 21.4 Å². The van der Waals surface area contributed by atoms with Crippen LogP contribution in [-0.4, -0.2) is 10.4 Å². The summed E-state index contributed by atoms with van der Waals surface area (Å²) in [5.41, 5.74) is 1.01. The van der Waals surface area contributed by atoms with E-state index >= 15 is 0 Å². The number of benzene rings is 1. The summed E-state index contributed by atoms with van der Waals surface area (Å²) in [5, 5.41) is 0.686. The molecule has 0 aliphatic rings. The molecule has 66 valence electrons. The summed E-state index contributed by atoms with van der Waals surface area (Å²) in [5.74, 6) is -0.126. The summed E-state index contributed by atoms with van der Waals surface area (Å²) in [6, 6.07) is 7.01. The molecule has 0 aliphatic heterocycles. The summed E-state index contributed by atoms with van der Waals surface area (Å²) in [7, 11) is 0. The maximum absolute atomic E-state index is 11.4. The van der Waals surface area contributed by atoms with Crippen LogP contribution in [0, 0.1) is 0 Å². The molecule has 0 atom stereocenters. The number of para-hydroxylation sites is 1. The van der Waals surface area contributed by atoms with E-state index in [1.165, 1.54) is 17.7 Å². The molecule has 0 amide bonds. The lowest BCUT2D eigenvalue weighted by atomic mass is 10.1. The summed E-state index contributed by atoms with van der Waals surface area (Å²) in [4.78, 5) is 11.4. The number of carbonyl (C=O) groups excluding carboxylic acids is 1. The molecule has 13 heavy (non-hydrogen) atoms. The average molecular weight is 176 g/mol. The van der Waals surface area contributed by atoms with Crippen LogP contribution in [-0.2, 0) is 6.98 Å². The molecule has 2 aromatic rings. The summed E-state index contributed by atoms with van der Waals surface area (Å²) < 4.78 is 23.3. The fraction of sp³-hybridized carbons (Fsp3) is 0.182. The third-order valence-electron chi connectivity index (χ3n) is 2.09. The quantitative estimate of drug-likeness (QED) is 0.611. The molecule has 1 aromatic carbocycles. The topological polar surface area (TPSA) is 22.0 Å². The van der Waals surface area contributed by atoms with Gasteiger partial charge in [-0.3, -0.25) is 4.79 Å². The highest BCUT2D eigenvalue weighted by molar-refractivity contribution is 6.06. The highest BCUT2D eigenvalue weighted by Crippen LogP contribution is 2.20. The zero-order chi connectivity index (χ0) is 11.9. The number of Topliss-reactive ketones (excluding diaryl/α,β-unsaturated/α-hetero) is 1. The van der Waals surface area contributed by atoms with Crippen LogP contribution in [0.2, 0.25) is 0 Å². The highest BCUT2D eigenvalue weighted by Gasteiger charge is 2.08. The van der Waals surface area contributed by atoms with Crippen molar-refractivity contribution in [1.29, 1.82) is 0 Å². The van der Waals surface area contributed by atoms with Gasteiger partial charge in [0.25, 0.3) is 0 Å². The van der Waals surface area contributed by atoms with Gasteiger partial charge in [-0.2, -0.15) is 0 Å². The molecule has 0 radical (unpaired) electrons. The number of hydrogen-bond acceptors (Lipinski definition) is 1. The van der Waals surface area contributed by atoms with Crippen molar-refractivity contribution >= 4 is 16.7 Å². The molecule has 0 N–H and O–H groups in total. The first kappa shape index (κ1) is 5.22. The van der Waals surface area contributed by atoms with Gasteiger partial charge in [-0.25, -0.2) is 0 Å². The van der Waals surface area contributed by atoms with Gasteiger partial charge in [0.05, 0.1) is 0 Å². The Bertz CT molecular complexity index is 554. The lowest BCUT2D eigenvalue weighted by molar-refractivity contribution is 0.101. The van der Waals surface area contributed by atoms with Crippen LogP contribution >= 0.6 is 0 Å². The van der Waals surface area contributed by atoms with Gasteiger partial charge in [0.2, 0.25) is 0 Å². The van der Waals surface area contributed by atoms with E-state index in [0.717, 1.165) is 0 Å². The first-order chi connectivity index (χ1) is 7.41. The third-order valence-corrected chi connectivity index (χ3v) is 2.09. The van der Waals surface area contributed by atoms with Gasteiger partial charge in [-0.05, 0) is 13.0 Å². The molecular formula is C11H11NO. The summed E-state index contributed by atoms with van der Waals surface area (Å²) in [6.45, 7) is -0.821. The second kappa shape index (κ2) is 2.73. The second-order valence-corrected chi connectivity index (χ2v) is 2.99. The van der Waals surface area contributed by atoms with Crippen molar-refractivity contribution in [3.63, 3.8) is 0 Å². The molecule has 0 bridgehead atoms. The van der Waals surface area contributed by atoms with Crippen LogP contribution in [0.25, 0.3) is 10.9 Å². The third kappa shape index (κ3) is 1.15. The molecule has 2 rings (SSSR count). The fourth-order valence-electron chi connectivity index (χ4n) is 1.46. The standard InChI is InChI=1S/C11H11NO/c1-8(13)10-7-12(2)11-6-4-3-5-9(10)11/h3-7H,1-2H3/i2D3. The molecule has 2 nitrogen and oxygen atoms in total. The summed E-state index contributed by atoms with van der Waals surface area (Å²) >= 11 is 0. The Morgan fingerprint density at radius 1 is 1.46 bits per heavy atom. The van der Waals surface area contributed by atoms with Crippen molar-refractivity contribution in [1.82, 2.24) is 4.57 Å². The molecular weight excluding hydrogens is 162 g/mol. The maximum Gasteiger partial charge on any atom is 0.161 e. The average Bonchev–Trinajstić information content (AvgIpc) is 2.56. The van der Waals surface area contributed by atoms with Crippen molar-refractivity contribution in [2.75, 3.05) is 0 Å². The van der Waals surface area contributed by atoms with E-state index in [1.807, 2.05) is 0 Å². The minimum absolute atomic E-state index is 0.126. The molecule has 0 unspecified atom stereocenters. The van der Waals surface area contributed by atoms with Gasteiger partial charge >= 0.3 is 0 Å². The normalized spacial score (nSPS) is 15.0. The Morgan fingerprint density at radius 2 is 2.23 bits per heavy atom. The van der Waals surface area contributed by atoms with Crippen molar-refractivity contribution in [2.24, 2.45) is 6.98 Å². The van der Waals surface area contributed by atoms with Gasteiger partial charge in [-0.1, -0.05) is 18.2 Å². The van der Waals surface area contributed by atoms with Crippen LogP contribution < -0.4 is 0 Å². The number of hydrogen-bond donors (Lipinski definition) is 0. The van der Waals surface area contributed by atoms with Gasteiger partial charge in [0, 0.05) is 33.8 Å². The number of aromatic nitrogens is 1. The number of aryl methyl sites for hydroxylation is 1. The minimum atomic E-state index is -2.26. The smallest absolute Gasteiger partial charge is 0.161 e. The van der Waals surface area contributed by atoms with E-state index in [0.29, 0.717) is 16.5 Å². The van der Waals surface area contributed by atoms with Crippen LogP contribution in [0.15, 0.2) is 30.5 Å². The van der Waals surface area contributed by atoms with Gasteiger partial charge < -0.3 is 4.57 Å². The predicted molar refractivity (Wildman–Crippen MR) is 52.9 cm³/mol. The van der Waals surface area contributed by atoms with Crippen molar-refractivity contribution in [3.8, 4) is 0 Å². The van der Waals surface area contributed by atoms with Gasteiger partial charge in [0.1, 0.15) is 0 Å². The number of carbonyl (C=O) groups is 1. The fourth-order valence-corrected chi connectivity index (χ4v) is 1.46. The Labute approximate surface area is 81.0 Å². The number of nitrogens with zero attached hydrogens (tertiary/aromatic N) is 1. The molecule has 1 heterocycles. The Morgan fingerprint density at radius 3 is 2.92 bits per heavy atom. The first-order valence-corrected chi connectivity index (χ1v) is 4.03. The lowest BCUT2D eigenvalue weighted by Gasteiger charge is -1.93. The van der Waals surface area contributed by atoms with Gasteiger partial charge in [-0.15, -0.1) is 0 Å². The van der Waals surface area contributed by atoms with Crippen molar-refractivity contribution in [2.45, 2.75) is 6.92 Å². The minimum Gasteiger partial charge on any atom is -0.350 e. The summed E-state index contributed by atoms with van der Waals surface area (Å²) in [6.07, 6.45) is 1.40. The largest absolute Gasteiger partial charge is 0.350 e. The van der Waals surface area contributed by atoms with Crippen molar-refractivity contribution in [3.05, 3.63) is 36.0 Å². The Balaban J connectivity index is 2.82. The lowest BCUT2D eigenvalue weighted by Crippen LogP contribution is -1.88. The number of rotatable bonds is 1. The van der Waals surface area contributed by atoms with Crippen LogP contribution in [0.4, 0.5) is 0 Å².